The smallest absolute Gasteiger partial charge is 0.378 e. The molecule has 1 N–H and O–H groups in total. The molecule has 3 aromatic rings. The Morgan fingerprint density at radius 3 is 2.38 bits per heavy atom. The van der Waals surface area contributed by atoms with Crippen LogP contribution in [0.3, 0.4) is 0 Å². The third-order valence-electron chi connectivity index (χ3n) is 6.58. The van der Waals surface area contributed by atoms with E-state index in [4.69, 9.17) is 4.74 Å². The highest BCUT2D eigenvalue weighted by molar-refractivity contribution is 6.04. The molecule has 0 spiro atoms. The number of pyridine rings is 1. The zero-order valence-corrected chi connectivity index (χ0v) is 21.6. The summed E-state index contributed by atoms with van der Waals surface area (Å²) >= 11 is 0. The highest BCUT2D eigenvalue weighted by Gasteiger charge is 2.39. The number of ether oxygens (including phenoxy) is 1. The second-order valence-corrected chi connectivity index (χ2v) is 9.31. The molecule has 0 aliphatic carbocycles. The number of morpholine rings is 1. The van der Waals surface area contributed by atoms with Crippen molar-refractivity contribution in [1.29, 1.82) is 0 Å². The van der Waals surface area contributed by atoms with Crippen LogP contribution in [0.5, 0.6) is 0 Å². The zero-order valence-electron chi connectivity index (χ0n) is 21.6. The first-order valence-corrected chi connectivity index (χ1v) is 12.6. The minimum absolute atomic E-state index is 0.0460. The van der Waals surface area contributed by atoms with Gasteiger partial charge in [0, 0.05) is 29.9 Å². The Kier molecular flexibility index (Phi) is 7.65. The Morgan fingerprint density at radius 2 is 1.70 bits per heavy atom. The van der Waals surface area contributed by atoms with Crippen molar-refractivity contribution in [3.8, 4) is 11.1 Å². The average molecular weight is 550 g/mol. The molecule has 5 rings (SSSR count). The molecule has 0 unspecified atom stereocenters. The minimum Gasteiger partial charge on any atom is -0.378 e. The van der Waals surface area contributed by atoms with Gasteiger partial charge in [-0.1, -0.05) is 24.3 Å². The molecule has 2 aromatic carbocycles. The topological polar surface area (TPSA) is 87.1 Å². The summed E-state index contributed by atoms with van der Waals surface area (Å²) in [5, 5.41) is 2.68. The van der Waals surface area contributed by atoms with Crippen LogP contribution in [0, 0.1) is 0 Å². The normalized spacial score (nSPS) is 15.8. The molecule has 0 atom stereocenters. The van der Waals surface area contributed by atoms with E-state index in [0.29, 0.717) is 43.1 Å². The van der Waals surface area contributed by atoms with E-state index in [1.807, 2.05) is 18.2 Å². The highest BCUT2D eigenvalue weighted by Crippen LogP contribution is 2.34. The Hall–Kier alpha value is -4.51. The van der Waals surface area contributed by atoms with Crippen LogP contribution in [0.1, 0.15) is 27.6 Å². The van der Waals surface area contributed by atoms with Crippen LogP contribution in [-0.2, 0) is 4.74 Å². The Labute approximate surface area is 228 Å². The summed E-state index contributed by atoms with van der Waals surface area (Å²) in [5.41, 5.74) is 2.25. The van der Waals surface area contributed by atoms with Gasteiger partial charge in [0.05, 0.1) is 25.1 Å². The number of halogens is 3. The first kappa shape index (κ1) is 27.1. The Morgan fingerprint density at radius 1 is 0.950 bits per heavy atom. The standard InChI is InChI=1S/C29H26F3N5O3/c1-19-15-25(29(30,31)32)37(18-34-19)24-9-10-26(33-17-24)35-27(38)23-4-2-3-22(16-23)20-5-7-21(8-6-20)28(39)36-11-13-40-14-12-36/h2-10,15-17H,11-14,18H2,1H3,(H,33,35,38). The van der Waals surface area contributed by atoms with Gasteiger partial charge in [-0.3, -0.25) is 14.6 Å². The number of hydrogen-bond donors (Lipinski definition) is 1. The minimum atomic E-state index is -4.55. The fourth-order valence-electron chi connectivity index (χ4n) is 4.44. The van der Waals surface area contributed by atoms with E-state index in [2.05, 4.69) is 15.3 Å². The molecule has 1 saturated heterocycles. The number of nitrogens with zero attached hydrogens (tertiary/aromatic N) is 4. The number of alkyl halides is 3. The van der Waals surface area contributed by atoms with Crippen molar-refractivity contribution >= 4 is 29.0 Å². The van der Waals surface area contributed by atoms with Crippen molar-refractivity contribution in [3.63, 3.8) is 0 Å². The second-order valence-electron chi connectivity index (χ2n) is 9.31. The molecular formula is C29H26F3N5O3. The van der Waals surface area contributed by atoms with Crippen molar-refractivity contribution in [3.05, 3.63) is 89.8 Å². The van der Waals surface area contributed by atoms with Gasteiger partial charge in [-0.05, 0) is 60.5 Å². The Balaban J connectivity index is 1.26. The lowest BCUT2D eigenvalue weighted by Crippen LogP contribution is -2.40. The number of rotatable bonds is 5. The molecular weight excluding hydrogens is 523 g/mol. The molecule has 3 heterocycles. The molecule has 1 aromatic heterocycles. The number of nitrogens with one attached hydrogen (secondary N) is 1. The van der Waals surface area contributed by atoms with Crippen molar-refractivity contribution in [2.24, 2.45) is 4.99 Å². The maximum absolute atomic E-state index is 13.5. The number of amides is 2. The number of carbonyl (C=O) groups is 2. The highest BCUT2D eigenvalue weighted by atomic mass is 19.4. The predicted molar refractivity (Wildman–Crippen MR) is 145 cm³/mol. The molecule has 2 aliphatic heterocycles. The van der Waals surface area contributed by atoms with E-state index < -0.39 is 17.8 Å². The number of carbonyl (C=O) groups excluding carboxylic acids is 2. The largest absolute Gasteiger partial charge is 0.431 e. The molecule has 206 valence electrons. The van der Waals surface area contributed by atoms with Crippen LogP contribution in [-0.4, -0.2) is 66.6 Å². The van der Waals surface area contributed by atoms with Crippen LogP contribution in [0.4, 0.5) is 24.7 Å². The fraction of sp³-hybridized carbons (Fsp3) is 0.241. The number of aliphatic imine (C=N–C) groups is 1. The summed E-state index contributed by atoms with van der Waals surface area (Å²) in [5.74, 6) is -0.273. The van der Waals surface area contributed by atoms with Gasteiger partial charge in [0.2, 0.25) is 0 Å². The van der Waals surface area contributed by atoms with Gasteiger partial charge < -0.3 is 19.9 Å². The van der Waals surface area contributed by atoms with E-state index in [1.54, 1.807) is 35.2 Å². The fourth-order valence-corrected chi connectivity index (χ4v) is 4.44. The van der Waals surface area contributed by atoms with Gasteiger partial charge in [0.1, 0.15) is 18.2 Å². The lowest BCUT2D eigenvalue weighted by molar-refractivity contribution is -0.0934. The molecule has 0 radical (unpaired) electrons. The number of hydrogen-bond acceptors (Lipinski definition) is 6. The Bertz CT molecular complexity index is 1460. The SMILES string of the molecule is CC1=NCN(c2ccc(NC(=O)c3cccc(-c4ccc(C(=O)N5CCOCC5)cc4)c3)nc2)C(C(F)(F)F)=C1. The van der Waals surface area contributed by atoms with E-state index in [0.717, 1.165) is 22.1 Å². The van der Waals surface area contributed by atoms with Gasteiger partial charge in [-0.15, -0.1) is 0 Å². The quantitative estimate of drug-likeness (QED) is 0.475. The molecule has 11 heteroatoms. The van der Waals surface area contributed by atoms with E-state index in [-0.39, 0.29) is 24.1 Å². The zero-order chi connectivity index (χ0) is 28.3. The van der Waals surface area contributed by atoms with Gasteiger partial charge >= 0.3 is 6.18 Å². The van der Waals surface area contributed by atoms with Crippen molar-refractivity contribution in [1.82, 2.24) is 9.88 Å². The van der Waals surface area contributed by atoms with Gasteiger partial charge in [-0.2, -0.15) is 13.2 Å². The molecule has 0 saturated carbocycles. The van der Waals surface area contributed by atoms with Gasteiger partial charge in [0.25, 0.3) is 11.8 Å². The molecule has 8 nitrogen and oxygen atoms in total. The summed E-state index contributed by atoms with van der Waals surface area (Å²) in [6, 6.07) is 17.1. The summed E-state index contributed by atoms with van der Waals surface area (Å²) in [7, 11) is 0. The lowest BCUT2D eigenvalue weighted by atomic mass is 10.0. The lowest BCUT2D eigenvalue weighted by Gasteiger charge is -2.29. The van der Waals surface area contributed by atoms with Crippen LogP contribution in [0.15, 0.2) is 83.6 Å². The van der Waals surface area contributed by atoms with E-state index >= 15 is 0 Å². The van der Waals surface area contributed by atoms with Crippen LogP contribution >= 0.6 is 0 Å². The number of benzene rings is 2. The number of allylic oxidation sites excluding steroid dienone is 2. The summed E-state index contributed by atoms with van der Waals surface area (Å²) in [6.45, 7) is 3.52. The maximum Gasteiger partial charge on any atom is 0.431 e. The first-order chi connectivity index (χ1) is 19.2. The van der Waals surface area contributed by atoms with Crippen LogP contribution in [0.25, 0.3) is 11.1 Å². The van der Waals surface area contributed by atoms with Gasteiger partial charge in [0.15, 0.2) is 0 Å². The third-order valence-corrected chi connectivity index (χ3v) is 6.58. The second kappa shape index (κ2) is 11.3. The first-order valence-electron chi connectivity index (χ1n) is 12.6. The molecule has 0 bridgehead atoms. The molecule has 2 amide bonds. The summed E-state index contributed by atoms with van der Waals surface area (Å²) < 4.78 is 45.8. The molecule has 1 fully saturated rings. The van der Waals surface area contributed by atoms with Crippen molar-refractivity contribution in [2.45, 2.75) is 13.1 Å². The van der Waals surface area contributed by atoms with E-state index in [1.165, 1.54) is 25.3 Å². The average Bonchev–Trinajstić information content (AvgIpc) is 2.97. The van der Waals surface area contributed by atoms with Crippen LogP contribution < -0.4 is 10.2 Å². The van der Waals surface area contributed by atoms with E-state index in [9.17, 15) is 22.8 Å². The number of anilines is 2. The maximum atomic E-state index is 13.5. The van der Waals surface area contributed by atoms with Crippen LogP contribution in [0.2, 0.25) is 0 Å². The summed E-state index contributed by atoms with van der Waals surface area (Å²) in [4.78, 5) is 36.6. The monoisotopic (exact) mass is 549 g/mol. The predicted octanol–water partition coefficient (Wildman–Crippen LogP) is 5.16. The summed E-state index contributed by atoms with van der Waals surface area (Å²) in [6.07, 6.45) is -2.29. The molecule has 2 aliphatic rings. The number of aromatic nitrogens is 1. The van der Waals surface area contributed by atoms with Gasteiger partial charge in [-0.25, -0.2) is 4.98 Å². The molecule has 40 heavy (non-hydrogen) atoms. The van der Waals surface area contributed by atoms with Crippen molar-refractivity contribution < 1.29 is 27.5 Å². The third kappa shape index (κ3) is 6.04. The van der Waals surface area contributed by atoms with Crippen molar-refractivity contribution in [2.75, 3.05) is 43.2 Å².